The number of fused-ring (bicyclic) bond motifs is 1. The van der Waals surface area contributed by atoms with Gasteiger partial charge in [0.1, 0.15) is 6.61 Å². The summed E-state index contributed by atoms with van der Waals surface area (Å²) in [6, 6.07) is 4.26. The molecule has 0 fully saturated rings. The molecular formula is C18H22N2O5. The molecule has 0 radical (unpaired) electrons. The van der Waals surface area contributed by atoms with E-state index in [1.807, 2.05) is 26.8 Å². The van der Waals surface area contributed by atoms with E-state index < -0.39 is 10.5 Å². The van der Waals surface area contributed by atoms with E-state index in [-0.39, 0.29) is 18.0 Å². The van der Waals surface area contributed by atoms with Crippen molar-refractivity contribution in [1.29, 1.82) is 0 Å². The Morgan fingerprint density at radius 2 is 2.04 bits per heavy atom. The first kappa shape index (κ1) is 18.5. The second-order valence-corrected chi connectivity index (χ2v) is 5.89. The molecule has 1 N–H and O–H groups in total. The maximum Gasteiger partial charge on any atom is 0.294 e. The van der Waals surface area contributed by atoms with Crippen LogP contribution < -0.4 is 15.0 Å². The fourth-order valence-electron chi connectivity index (χ4n) is 2.24. The van der Waals surface area contributed by atoms with Crippen LogP contribution in [-0.2, 0) is 0 Å². The molecule has 25 heavy (non-hydrogen) atoms. The van der Waals surface area contributed by atoms with E-state index in [0.29, 0.717) is 23.3 Å². The summed E-state index contributed by atoms with van der Waals surface area (Å²) in [5, 5.41) is 11.5. The molecule has 134 valence electrons. The number of hydrogen-bond donors (Lipinski definition) is 1. The molecule has 0 aliphatic carbocycles. The normalized spacial score (nSPS) is 10.5. The third-order valence-corrected chi connectivity index (χ3v) is 3.58. The fraction of sp³-hybridized carbons (Fsp3) is 0.389. The van der Waals surface area contributed by atoms with Crippen molar-refractivity contribution < 1.29 is 14.4 Å². The van der Waals surface area contributed by atoms with Crippen molar-refractivity contribution in [2.75, 3.05) is 13.2 Å². The maximum absolute atomic E-state index is 12.4. The van der Waals surface area contributed by atoms with Gasteiger partial charge in [-0.1, -0.05) is 18.9 Å². The van der Waals surface area contributed by atoms with Crippen molar-refractivity contribution in [3.05, 3.63) is 50.3 Å². The van der Waals surface area contributed by atoms with Crippen molar-refractivity contribution >= 4 is 16.6 Å². The first-order valence-electron chi connectivity index (χ1n) is 8.17. The first-order valence-corrected chi connectivity index (χ1v) is 8.17. The van der Waals surface area contributed by atoms with E-state index in [2.05, 4.69) is 4.98 Å². The summed E-state index contributed by atoms with van der Waals surface area (Å²) < 4.78 is 11.4. The van der Waals surface area contributed by atoms with E-state index in [4.69, 9.17) is 9.47 Å². The van der Waals surface area contributed by atoms with E-state index in [0.717, 1.165) is 18.4 Å². The average molecular weight is 346 g/mol. The number of aromatic nitrogens is 1. The zero-order valence-corrected chi connectivity index (χ0v) is 14.6. The number of nitrogens with zero attached hydrogens (tertiary/aromatic N) is 1. The molecular weight excluding hydrogens is 324 g/mol. The summed E-state index contributed by atoms with van der Waals surface area (Å²) in [4.78, 5) is 25.5. The lowest BCUT2D eigenvalue weighted by Crippen LogP contribution is -2.14. The van der Waals surface area contributed by atoms with Crippen LogP contribution in [0.15, 0.2) is 34.6 Å². The second kappa shape index (κ2) is 8.32. The number of hydrogen-bond acceptors (Lipinski definition) is 5. The number of benzene rings is 1. The van der Waals surface area contributed by atoms with Crippen LogP contribution in [0.2, 0.25) is 0 Å². The molecule has 1 heterocycles. The SMILES string of the molecule is CCCCOc1c(OCC=C(C)C)c2ccc([N+](=O)[O-])cc2[nH]c1=O. The topological polar surface area (TPSA) is 94.5 Å². The lowest BCUT2D eigenvalue weighted by molar-refractivity contribution is -0.384. The number of non-ortho nitro benzene ring substituents is 1. The quantitative estimate of drug-likeness (QED) is 0.338. The minimum Gasteiger partial charge on any atom is -0.485 e. The zero-order chi connectivity index (χ0) is 18.4. The van der Waals surface area contributed by atoms with Crippen LogP contribution in [0.3, 0.4) is 0 Å². The molecule has 0 aliphatic rings. The number of allylic oxidation sites excluding steroid dienone is 1. The second-order valence-electron chi connectivity index (χ2n) is 5.89. The Kier molecular flexibility index (Phi) is 6.16. The van der Waals surface area contributed by atoms with Gasteiger partial charge in [0, 0.05) is 17.5 Å². The van der Waals surface area contributed by atoms with E-state index in [1.54, 1.807) is 6.07 Å². The number of nitrogens with one attached hydrogen (secondary N) is 1. The molecule has 0 amide bonds. The molecule has 7 nitrogen and oxygen atoms in total. The number of aromatic amines is 1. The lowest BCUT2D eigenvalue weighted by atomic mass is 10.1. The van der Waals surface area contributed by atoms with Crippen LogP contribution in [0.4, 0.5) is 5.69 Å². The molecule has 1 aromatic carbocycles. The molecule has 0 bridgehead atoms. The minimum atomic E-state index is -0.507. The molecule has 0 saturated heterocycles. The predicted molar refractivity (Wildman–Crippen MR) is 96.6 cm³/mol. The van der Waals surface area contributed by atoms with Gasteiger partial charge in [-0.2, -0.15) is 0 Å². The molecule has 2 aromatic rings. The van der Waals surface area contributed by atoms with Gasteiger partial charge in [-0.15, -0.1) is 0 Å². The van der Waals surface area contributed by atoms with Crippen LogP contribution in [0.1, 0.15) is 33.6 Å². The number of nitro groups is 1. The Hall–Kier alpha value is -2.83. The van der Waals surface area contributed by atoms with Crippen molar-refractivity contribution in [2.24, 2.45) is 0 Å². The summed E-state index contributed by atoms with van der Waals surface area (Å²) >= 11 is 0. The van der Waals surface area contributed by atoms with Crippen molar-refractivity contribution in [3.8, 4) is 11.5 Å². The maximum atomic E-state index is 12.4. The Morgan fingerprint density at radius 3 is 2.68 bits per heavy atom. The van der Waals surface area contributed by atoms with Gasteiger partial charge in [0.2, 0.25) is 5.75 Å². The first-order chi connectivity index (χ1) is 11.9. The number of rotatable bonds is 8. The van der Waals surface area contributed by atoms with Gasteiger partial charge in [-0.3, -0.25) is 14.9 Å². The van der Waals surface area contributed by atoms with Gasteiger partial charge in [-0.25, -0.2) is 0 Å². The molecule has 1 aromatic heterocycles. The van der Waals surface area contributed by atoms with Crippen molar-refractivity contribution in [2.45, 2.75) is 33.6 Å². The Labute approximate surface area is 145 Å². The number of pyridine rings is 1. The molecule has 0 atom stereocenters. The monoisotopic (exact) mass is 346 g/mol. The van der Waals surface area contributed by atoms with Crippen LogP contribution >= 0.6 is 0 Å². The Morgan fingerprint density at radius 1 is 1.28 bits per heavy atom. The summed E-state index contributed by atoms with van der Waals surface area (Å²) in [6.07, 6.45) is 3.63. The van der Waals surface area contributed by atoms with Crippen LogP contribution in [-0.4, -0.2) is 23.1 Å². The lowest BCUT2D eigenvalue weighted by Gasteiger charge is -2.13. The highest BCUT2D eigenvalue weighted by atomic mass is 16.6. The minimum absolute atomic E-state index is 0.0990. The van der Waals surface area contributed by atoms with Gasteiger partial charge in [0.25, 0.3) is 11.2 Å². The van der Waals surface area contributed by atoms with Crippen molar-refractivity contribution in [3.63, 3.8) is 0 Å². The smallest absolute Gasteiger partial charge is 0.294 e. The van der Waals surface area contributed by atoms with Crippen LogP contribution in [0.5, 0.6) is 11.5 Å². The van der Waals surface area contributed by atoms with Gasteiger partial charge >= 0.3 is 0 Å². The molecule has 0 unspecified atom stereocenters. The number of ether oxygens (including phenoxy) is 2. The van der Waals surface area contributed by atoms with E-state index >= 15 is 0 Å². The number of nitro benzene ring substituents is 1. The zero-order valence-electron chi connectivity index (χ0n) is 14.6. The van der Waals surface area contributed by atoms with Crippen molar-refractivity contribution in [1.82, 2.24) is 4.98 Å². The van der Waals surface area contributed by atoms with Gasteiger partial charge in [-0.05, 0) is 32.4 Å². The highest BCUT2D eigenvalue weighted by molar-refractivity contribution is 5.88. The summed E-state index contributed by atoms with van der Waals surface area (Å²) in [7, 11) is 0. The molecule has 0 saturated carbocycles. The highest BCUT2D eigenvalue weighted by Gasteiger charge is 2.18. The van der Waals surface area contributed by atoms with E-state index in [9.17, 15) is 14.9 Å². The van der Waals surface area contributed by atoms with Crippen LogP contribution in [0, 0.1) is 10.1 Å². The van der Waals surface area contributed by atoms with Crippen LogP contribution in [0.25, 0.3) is 10.9 Å². The van der Waals surface area contributed by atoms with Gasteiger partial charge in [0.05, 0.1) is 17.0 Å². The number of unbranched alkanes of at least 4 members (excludes halogenated alkanes) is 1. The van der Waals surface area contributed by atoms with E-state index in [1.165, 1.54) is 12.1 Å². The summed E-state index contributed by atoms with van der Waals surface area (Å²) in [6.45, 7) is 6.60. The largest absolute Gasteiger partial charge is 0.485 e. The molecule has 7 heteroatoms. The molecule has 2 rings (SSSR count). The average Bonchev–Trinajstić information content (AvgIpc) is 2.56. The third-order valence-electron chi connectivity index (χ3n) is 3.58. The third kappa shape index (κ3) is 4.59. The Bertz CT molecular complexity index is 850. The molecule has 0 spiro atoms. The summed E-state index contributed by atoms with van der Waals surface area (Å²) in [5.74, 6) is 0.416. The molecule has 0 aliphatic heterocycles. The number of H-pyrrole nitrogens is 1. The van der Waals surface area contributed by atoms with Gasteiger partial charge < -0.3 is 14.5 Å². The fourth-order valence-corrected chi connectivity index (χ4v) is 2.24. The van der Waals surface area contributed by atoms with Gasteiger partial charge in [0.15, 0.2) is 5.75 Å². The summed E-state index contributed by atoms with van der Waals surface area (Å²) in [5.41, 5.74) is 0.863. The predicted octanol–water partition coefficient (Wildman–Crippen LogP) is 3.96. The highest BCUT2D eigenvalue weighted by Crippen LogP contribution is 2.33. The Balaban J connectivity index is 2.53. The standard InChI is InChI=1S/C18H22N2O5/c1-4-5-9-24-17-16(25-10-8-12(2)3)14-7-6-13(20(22)23)11-15(14)19-18(17)21/h6-8,11H,4-5,9-10H2,1-3H3,(H,19,21).